The molecule has 1 aliphatic rings. The van der Waals surface area contributed by atoms with Gasteiger partial charge in [-0.2, -0.15) is 5.10 Å². The van der Waals surface area contributed by atoms with E-state index in [4.69, 9.17) is 5.11 Å². The first-order valence-corrected chi connectivity index (χ1v) is 6.67. The third-order valence-corrected chi connectivity index (χ3v) is 3.91. The SMILES string of the molecule is O=C(N[C@H]1C[C@@H](CO)[C@H](O)[C@@H]1O)c1cnc2cn[nH]c2c1. The Bertz CT molecular complexity index is 658. The minimum absolute atomic E-state index is 0.230. The lowest BCUT2D eigenvalue weighted by molar-refractivity contribution is 0.000135. The molecule has 0 unspecified atom stereocenters. The first-order valence-electron chi connectivity index (χ1n) is 6.67. The molecule has 0 saturated heterocycles. The average molecular weight is 292 g/mol. The number of amides is 1. The highest BCUT2D eigenvalue weighted by Crippen LogP contribution is 2.26. The Hall–Kier alpha value is -2.03. The second-order valence-corrected chi connectivity index (χ2v) is 5.27. The summed E-state index contributed by atoms with van der Waals surface area (Å²) in [5, 5.41) is 38.0. The number of hydrogen-bond donors (Lipinski definition) is 5. The predicted molar refractivity (Wildman–Crippen MR) is 72.3 cm³/mol. The second kappa shape index (κ2) is 5.40. The van der Waals surface area contributed by atoms with Gasteiger partial charge in [0.25, 0.3) is 5.91 Å². The number of carbonyl (C=O) groups excluding carboxylic acids is 1. The van der Waals surface area contributed by atoms with Crippen LogP contribution in [0.25, 0.3) is 11.0 Å². The number of aliphatic hydroxyl groups is 3. The fraction of sp³-hybridized carbons (Fsp3) is 0.462. The maximum absolute atomic E-state index is 12.2. The minimum atomic E-state index is -1.09. The van der Waals surface area contributed by atoms with Crippen molar-refractivity contribution in [2.45, 2.75) is 24.7 Å². The van der Waals surface area contributed by atoms with Crippen LogP contribution in [0, 0.1) is 5.92 Å². The maximum atomic E-state index is 12.2. The lowest BCUT2D eigenvalue weighted by Crippen LogP contribution is -2.43. The zero-order valence-electron chi connectivity index (χ0n) is 11.1. The number of H-pyrrole nitrogens is 1. The second-order valence-electron chi connectivity index (χ2n) is 5.27. The van der Waals surface area contributed by atoms with Crippen molar-refractivity contribution in [3.63, 3.8) is 0 Å². The van der Waals surface area contributed by atoms with Gasteiger partial charge >= 0.3 is 0 Å². The van der Waals surface area contributed by atoms with E-state index in [2.05, 4.69) is 20.5 Å². The summed E-state index contributed by atoms with van der Waals surface area (Å²) >= 11 is 0. The van der Waals surface area contributed by atoms with Gasteiger partial charge < -0.3 is 20.6 Å². The quantitative estimate of drug-likeness (QED) is 0.482. The van der Waals surface area contributed by atoms with Crippen LogP contribution in [0.4, 0.5) is 0 Å². The molecular weight excluding hydrogens is 276 g/mol. The van der Waals surface area contributed by atoms with E-state index in [0.717, 1.165) is 0 Å². The molecule has 4 atom stereocenters. The highest BCUT2D eigenvalue weighted by atomic mass is 16.3. The molecule has 2 heterocycles. The molecule has 8 heteroatoms. The van der Waals surface area contributed by atoms with Crippen molar-refractivity contribution >= 4 is 16.9 Å². The largest absolute Gasteiger partial charge is 0.396 e. The summed E-state index contributed by atoms with van der Waals surface area (Å²) < 4.78 is 0. The van der Waals surface area contributed by atoms with Crippen LogP contribution in [0.2, 0.25) is 0 Å². The van der Waals surface area contributed by atoms with Gasteiger partial charge in [-0.05, 0) is 12.5 Å². The van der Waals surface area contributed by atoms with E-state index in [0.29, 0.717) is 23.0 Å². The van der Waals surface area contributed by atoms with Gasteiger partial charge in [-0.25, -0.2) is 0 Å². The van der Waals surface area contributed by atoms with Gasteiger partial charge in [0, 0.05) is 18.7 Å². The van der Waals surface area contributed by atoms with Crippen LogP contribution in [0.1, 0.15) is 16.8 Å². The van der Waals surface area contributed by atoms with Gasteiger partial charge in [-0.3, -0.25) is 14.9 Å². The summed E-state index contributed by atoms with van der Waals surface area (Å²) in [7, 11) is 0. The Morgan fingerprint density at radius 2 is 2.19 bits per heavy atom. The van der Waals surface area contributed by atoms with Crippen molar-refractivity contribution in [3.05, 3.63) is 24.0 Å². The van der Waals surface area contributed by atoms with Gasteiger partial charge in [0.15, 0.2) is 0 Å². The number of aromatic amines is 1. The highest BCUT2D eigenvalue weighted by molar-refractivity contribution is 5.96. The highest BCUT2D eigenvalue weighted by Gasteiger charge is 2.41. The van der Waals surface area contributed by atoms with Crippen molar-refractivity contribution in [2.24, 2.45) is 5.92 Å². The van der Waals surface area contributed by atoms with E-state index in [-0.39, 0.29) is 6.61 Å². The van der Waals surface area contributed by atoms with E-state index in [1.54, 1.807) is 12.3 Å². The van der Waals surface area contributed by atoms with Crippen molar-refractivity contribution in [2.75, 3.05) is 6.61 Å². The molecule has 0 radical (unpaired) electrons. The number of aromatic nitrogens is 3. The summed E-state index contributed by atoms with van der Waals surface area (Å²) in [6.45, 7) is -0.230. The Kier molecular flexibility index (Phi) is 3.58. The summed E-state index contributed by atoms with van der Waals surface area (Å²) in [4.78, 5) is 16.3. The Morgan fingerprint density at radius 3 is 2.90 bits per heavy atom. The Morgan fingerprint density at radius 1 is 1.38 bits per heavy atom. The average Bonchev–Trinajstić information content (AvgIpc) is 3.06. The molecule has 0 aliphatic heterocycles. The van der Waals surface area contributed by atoms with Crippen molar-refractivity contribution < 1.29 is 20.1 Å². The molecule has 0 spiro atoms. The molecule has 2 aromatic heterocycles. The molecule has 8 nitrogen and oxygen atoms in total. The molecule has 1 aliphatic carbocycles. The van der Waals surface area contributed by atoms with E-state index in [1.807, 2.05) is 0 Å². The predicted octanol–water partition coefficient (Wildman–Crippen LogP) is -1.21. The summed E-state index contributed by atoms with van der Waals surface area (Å²) in [6, 6.07) is 1.02. The zero-order chi connectivity index (χ0) is 15.0. The molecule has 112 valence electrons. The van der Waals surface area contributed by atoms with Gasteiger partial charge in [0.1, 0.15) is 11.6 Å². The third kappa shape index (κ3) is 2.48. The first kappa shape index (κ1) is 13.9. The van der Waals surface area contributed by atoms with Gasteiger partial charge in [-0.15, -0.1) is 0 Å². The van der Waals surface area contributed by atoms with Crippen LogP contribution in [0.3, 0.4) is 0 Å². The Labute approximate surface area is 119 Å². The first-order chi connectivity index (χ1) is 10.1. The Balaban J connectivity index is 1.74. The molecule has 1 amide bonds. The summed E-state index contributed by atoms with van der Waals surface area (Å²) in [5.74, 6) is -0.827. The number of nitrogens with zero attached hydrogens (tertiary/aromatic N) is 2. The number of aliphatic hydroxyl groups excluding tert-OH is 3. The minimum Gasteiger partial charge on any atom is -0.396 e. The lowest BCUT2D eigenvalue weighted by atomic mass is 10.1. The van der Waals surface area contributed by atoms with Crippen LogP contribution in [0.5, 0.6) is 0 Å². The monoisotopic (exact) mass is 292 g/mol. The smallest absolute Gasteiger partial charge is 0.253 e. The molecular formula is C13H16N4O4. The van der Waals surface area contributed by atoms with Gasteiger partial charge in [-0.1, -0.05) is 0 Å². The van der Waals surface area contributed by atoms with Crippen LogP contribution in [-0.4, -0.2) is 61.3 Å². The van der Waals surface area contributed by atoms with Crippen LogP contribution < -0.4 is 5.32 Å². The van der Waals surface area contributed by atoms with Crippen LogP contribution in [-0.2, 0) is 0 Å². The zero-order valence-corrected chi connectivity index (χ0v) is 11.1. The van der Waals surface area contributed by atoms with Gasteiger partial charge in [0.05, 0.1) is 29.4 Å². The number of pyridine rings is 1. The molecule has 5 N–H and O–H groups in total. The molecule has 2 aromatic rings. The lowest BCUT2D eigenvalue weighted by Gasteiger charge is -2.17. The fourth-order valence-electron chi connectivity index (χ4n) is 2.66. The fourth-order valence-corrected chi connectivity index (χ4v) is 2.66. The van der Waals surface area contributed by atoms with Crippen molar-refractivity contribution in [1.82, 2.24) is 20.5 Å². The molecule has 0 bridgehead atoms. The van der Waals surface area contributed by atoms with E-state index in [1.165, 1.54) is 6.20 Å². The normalized spacial score (nSPS) is 28.9. The molecule has 1 fully saturated rings. The van der Waals surface area contributed by atoms with E-state index < -0.39 is 30.1 Å². The molecule has 1 saturated carbocycles. The van der Waals surface area contributed by atoms with Crippen LogP contribution >= 0.6 is 0 Å². The van der Waals surface area contributed by atoms with Crippen molar-refractivity contribution in [1.29, 1.82) is 0 Å². The topological polar surface area (TPSA) is 131 Å². The number of hydrogen-bond acceptors (Lipinski definition) is 6. The molecule has 21 heavy (non-hydrogen) atoms. The summed E-state index contributed by atoms with van der Waals surface area (Å²) in [5.41, 5.74) is 1.63. The maximum Gasteiger partial charge on any atom is 0.253 e. The van der Waals surface area contributed by atoms with E-state index >= 15 is 0 Å². The molecule has 3 rings (SSSR count). The van der Waals surface area contributed by atoms with Crippen LogP contribution in [0.15, 0.2) is 18.5 Å². The number of nitrogens with one attached hydrogen (secondary N) is 2. The standard InChI is InChI=1S/C13H16N4O4/c18-5-7-2-9(12(20)11(7)19)16-13(21)6-1-8-10(14-3-6)4-15-17-8/h1,3-4,7,9,11-12,18-20H,2,5H2,(H,15,17)(H,16,21)/t7-,9-,11-,12+/m0/s1. The molecule has 0 aromatic carbocycles. The van der Waals surface area contributed by atoms with Gasteiger partial charge in [0.2, 0.25) is 0 Å². The third-order valence-electron chi connectivity index (χ3n) is 3.91. The number of carbonyl (C=O) groups is 1. The summed E-state index contributed by atoms with van der Waals surface area (Å²) in [6.07, 6.45) is 1.18. The number of fused-ring (bicyclic) bond motifs is 1. The van der Waals surface area contributed by atoms with E-state index in [9.17, 15) is 15.0 Å². The number of rotatable bonds is 3. The van der Waals surface area contributed by atoms with Crippen molar-refractivity contribution in [3.8, 4) is 0 Å².